The fourth-order valence-corrected chi connectivity index (χ4v) is 2.47. The minimum absolute atomic E-state index is 0.101. The molecule has 0 bridgehead atoms. The van der Waals surface area contributed by atoms with Gasteiger partial charge in [-0.2, -0.15) is 0 Å². The van der Waals surface area contributed by atoms with Crippen LogP contribution in [0, 0.1) is 0 Å². The van der Waals surface area contributed by atoms with E-state index in [2.05, 4.69) is 4.90 Å². The van der Waals surface area contributed by atoms with Crippen LogP contribution in [0.4, 0.5) is 11.4 Å². The Hall–Kier alpha value is -2.24. The minimum Gasteiger partial charge on any atom is -0.397 e. The quantitative estimate of drug-likeness (QED) is 0.766. The molecule has 2 rings (SSSR count). The Bertz CT molecular complexity index is 530. The lowest BCUT2D eigenvalue weighted by Gasteiger charge is -2.24. The molecule has 0 spiro atoms. The monoisotopic (exact) mass is 276 g/mol. The molecular formula is C14H20N4O2. The highest BCUT2D eigenvalue weighted by atomic mass is 16.2. The van der Waals surface area contributed by atoms with E-state index in [0.29, 0.717) is 17.8 Å². The minimum atomic E-state index is -0.484. The molecule has 1 aromatic rings. The zero-order valence-corrected chi connectivity index (χ0v) is 11.6. The number of nitrogen functional groups attached to an aromatic ring is 1. The molecule has 0 unspecified atom stereocenters. The van der Waals surface area contributed by atoms with Crippen LogP contribution in [-0.2, 0) is 4.79 Å². The van der Waals surface area contributed by atoms with E-state index < -0.39 is 5.91 Å². The lowest BCUT2D eigenvalue weighted by atomic mass is 10.1. The molecule has 6 nitrogen and oxygen atoms in total. The maximum absolute atomic E-state index is 11.4. The number of hydrogen-bond acceptors (Lipinski definition) is 4. The molecular weight excluding hydrogens is 256 g/mol. The van der Waals surface area contributed by atoms with E-state index >= 15 is 0 Å². The van der Waals surface area contributed by atoms with Gasteiger partial charge in [0.05, 0.1) is 11.4 Å². The molecule has 0 radical (unpaired) electrons. The van der Waals surface area contributed by atoms with Gasteiger partial charge in [0.1, 0.15) is 0 Å². The van der Waals surface area contributed by atoms with Crippen molar-refractivity contribution < 1.29 is 9.59 Å². The number of carbonyl (C=O) groups is 2. The van der Waals surface area contributed by atoms with Gasteiger partial charge in [-0.05, 0) is 24.6 Å². The van der Waals surface area contributed by atoms with E-state index in [0.717, 1.165) is 31.7 Å². The third-order valence-corrected chi connectivity index (χ3v) is 3.59. The third-order valence-electron chi connectivity index (χ3n) is 3.59. The van der Waals surface area contributed by atoms with Crippen molar-refractivity contribution in [2.24, 2.45) is 5.73 Å². The Kier molecular flexibility index (Phi) is 4.12. The highest BCUT2D eigenvalue weighted by molar-refractivity contribution is 5.94. The summed E-state index contributed by atoms with van der Waals surface area (Å²) < 4.78 is 0. The van der Waals surface area contributed by atoms with Crippen molar-refractivity contribution in [1.29, 1.82) is 0 Å². The Morgan fingerprint density at radius 1 is 1.15 bits per heavy atom. The predicted molar refractivity (Wildman–Crippen MR) is 78.5 cm³/mol. The van der Waals surface area contributed by atoms with Crippen LogP contribution in [0.5, 0.6) is 0 Å². The largest absolute Gasteiger partial charge is 0.397 e. The number of anilines is 2. The summed E-state index contributed by atoms with van der Waals surface area (Å²) in [6, 6.07) is 5.10. The van der Waals surface area contributed by atoms with Crippen molar-refractivity contribution in [3.05, 3.63) is 23.8 Å². The molecule has 1 aliphatic rings. The van der Waals surface area contributed by atoms with Crippen LogP contribution in [0.1, 0.15) is 23.7 Å². The van der Waals surface area contributed by atoms with Crippen molar-refractivity contribution in [2.75, 3.05) is 36.8 Å². The number of amides is 2. The van der Waals surface area contributed by atoms with E-state index in [1.807, 2.05) is 11.0 Å². The lowest BCUT2D eigenvalue weighted by Crippen LogP contribution is -2.33. The zero-order chi connectivity index (χ0) is 14.7. The van der Waals surface area contributed by atoms with Gasteiger partial charge in [0, 0.05) is 38.7 Å². The summed E-state index contributed by atoms with van der Waals surface area (Å²) in [4.78, 5) is 26.5. The normalized spacial score (nSPS) is 15.8. The number of primary amides is 1. The number of nitrogens with zero attached hydrogens (tertiary/aromatic N) is 2. The van der Waals surface area contributed by atoms with Crippen LogP contribution in [0.3, 0.4) is 0 Å². The average Bonchev–Trinajstić information content (AvgIpc) is 2.64. The molecule has 0 aliphatic carbocycles. The first-order valence-corrected chi connectivity index (χ1v) is 6.69. The fraction of sp³-hybridized carbons (Fsp3) is 0.429. The van der Waals surface area contributed by atoms with Crippen molar-refractivity contribution in [2.45, 2.75) is 13.3 Å². The summed E-state index contributed by atoms with van der Waals surface area (Å²) in [6.45, 7) is 4.62. The summed E-state index contributed by atoms with van der Waals surface area (Å²) in [5.41, 5.74) is 13.1. The highest BCUT2D eigenvalue weighted by Gasteiger charge is 2.18. The van der Waals surface area contributed by atoms with Crippen LogP contribution in [0.15, 0.2) is 18.2 Å². The maximum Gasteiger partial charge on any atom is 0.248 e. The van der Waals surface area contributed by atoms with Crippen molar-refractivity contribution in [3.8, 4) is 0 Å². The summed E-state index contributed by atoms with van der Waals surface area (Å²) in [6.07, 6.45) is 0.899. The third kappa shape index (κ3) is 3.01. The second-order valence-electron chi connectivity index (χ2n) is 4.98. The molecule has 1 fully saturated rings. The Morgan fingerprint density at radius 3 is 2.50 bits per heavy atom. The van der Waals surface area contributed by atoms with Crippen LogP contribution in [0.25, 0.3) is 0 Å². The molecule has 2 amide bonds. The predicted octanol–water partition coefficient (Wildman–Crippen LogP) is 0.426. The topological polar surface area (TPSA) is 92.7 Å². The van der Waals surface area contributed by atoms with Crippen LogP contribution < -0.4 is 16.4 Å². The van der Waals surface area contributed by atoms with Gasteiger partial charge < -0.3 is 21.3 Å². The highest BCUT2D eigenvalue weighted by Crippen LogP contribution is 2.25. The molecule has 6 heteroatoms. The van der Waals surface area contributed by atoms with E-state index in [-0.39, 0.29) is 5.91 Å². The second-order valence-corrected chi connectivity index (χ2v) is 4.98. The van der Waals surface area contributed by atoms with E-state index in [4.69, 9.17) is 11.5 Å². The number of rotatable bonds is 2. The van der Waals surface area contributed by atoms with Gasteiger partial charge in [0.25, 0.3) is 0 Å². The Balaban J connectivity index is 2.15. The lowest BCUT2D eigenvalue weighted by molar-refractivity contribution is -0.128. The molecule has 20 heavy (non-hydrogen) atoms. The summed E-state index contributed by atoms with van der Waals surface area (Å²) in [5, 5.41) is 0. The number of carbonyl (C=O) groups excluding carboxylic acids is 2. The molecule has 1 aliphatic heterocycles. The maximum atomic E-state index is 11.4. The van der Waals surface area contributed by atoms with Gasteiger partial charge in [-0.1, -0.05) is 0 Å². The summed E-state index contributed by atoms with van der Waals surface area (Å²) in [7, 11) is 0. The van der Waals surface area contributed by atoms with Gasteiger partial charge in [0.15, 0.2) is 0 Å². The molecule has 108 valence electrons. The van der Waals surface area contributed by atoms with Gasteiger partial charge in [-0.3, -0.25) is 9.59 Å². The second kappa shape index (κ2) is 5.81. The molecule has 0 aromatic heterocycles. The van der Waals surface area contributed by atoms with E-state index in [9.17, 15) is 9.59 Å². The first-order valence-electron chi connectivity index (χ1n) is 6.69. The van der Waals surface area contributed by atoms with E-state index in [1.54, 1.807) is 19.1 Å². The average molecular weight is 276 g/mol. The molecule has 4 N–H and O–H groups in total. The fourth-order valence-electron chi connectivity index (χ4n) is 2.47. The van der Waals surface area contributed by atoms with Crippen molar-refractivity contribution in [1.82, 2.24) is 4.90 Å². The van der Waals surface area contributed by atoms with Crippen molar-refractivity contribution in [3.63, 3.8) is 0 Å². The molecule has 1 saturated heterocycles. The zero-order valence-electron chi connectivity index (χ0n) is 11.6. The van der Waals surface area contributed by atoms with Gasteiger partial charge >= 0.3 is 0 Å². The Labute approximate surface area is 118 Å². The molecule has 0 atom stereocenters. The first kappa shape index (κ1) is 14.2. The molecule has 1 aromatic carbocycles. The summed E-state index contributed by atoms with van der Waals surface area (Å²) in [5.74, 6) is -0.384. The SMILES string of the molecule is CC(=O)N1CCCN(c2ccc(C(N)=O)cc2N)CC1. The number of benzene rings is 1. The Morgan fingerprint density at radius 2 is 1.90 bits per heavy atom. The number of nitrogens with two attached hydrogens (primary N) is 2. The van der Waals surface area contributed by atoms with E-state index in [1.165, 1.54) is 0 Å². The van der Waals surface area contributed by atoms with Gasteiger partial charge in [0.2, 0.25) is 11.8 Å². The summed E-state index contributed by atoms with van der Waals surface area (Å²) >= 11 is 0. The number of hydrogen-bond donors (Lipinski definition) is 2. The molecule has 1 heterocycles. The van der Waals surface area contributed by atoms with Crippen LogP contribution in [-0.4, -0.2) is 42.9 Å². The standard InChI is InChI=1S/C14H20N4O2/c1-10(19)17-5-2-6-18(8-7-17)13-4-3-11(14(16)20)9-12(13)15/h3-4,9H,2,5-8,15H2,1H3,(H2,16,20). The van der Waals surface area contributed by atoms with Crippen LogP contribution >= 0.6 is 0 Å². The van der Waals surface area contributed by atoms with Crippen molar-refractivity contribution >= 4 is 23.2 Å². The smallest absolute Gasteiger partial charge is 0.248 e. The van der Waals surface area contributed by atoms with Crippen LogP contribution in [0.2, 0.25) is 0 Å². The molecule has 0 saturated carbocycles. The van der Waals surface area contributed by atoms with Gasteiger partial charge in [-0.25, -0.2) is 0 Å². The van der Waals surface area contributed by atoms with Gasteiger partial charge in [-0.15, -0.1) is 0 Å². The first-order chi connectivity index (χ1) is 9.49.